The molecule has 2 aliphatic heterocycles. The number of carbonyl (C=O) groups is 2. The van der Waals surface area contributed by atoms with Gasteiger partial charge in [-0.1, -0.05) is 18.2 Å². The highest BCUT2D eigenvalue weighted by molar-refractivity contribution is 5.97. The van der Waals surface area contributed by atoms with Crippen LogP contribution in [0.4, 0.5) is 11.4 Å². The van der Waals surface area contributed by atoms with E-state index in [1.165, 1.54) is 0 Å². The third-order valence-corrected chi connectivity index (χ3v) is 5.26. The van der Waals surface area contributed by atoms with E-state index in [0.717, 1.165) is 25.1 Å². The predicted octanol–water partition coefficient (Wildman–Crippen LogP) is 2.89. The number of rotatable bonds is 5. The SMILES string of the molecule is CC1CC(Oc2ccccc2)CCN1CC(=O)Nc1ccc2c(c1)OCC(=O)N2. The van der Waals surface area contributed by atoms with Gasteiger partial charge in [-0.2, -0.15) is 0 Å². The highest BCUT2D eigenvalue weighted by Crippen LogP contribution is 2.30. The second-order valence-corrected chi connectivity index (χ2v) is 7.49. The van der Waals surface area contributed by atoms with Gasteiger partial charge >= 0.3 is 0 Å². The Balaban J connectivity index is 1.28. The molecule has 1 fully saturated rings. The molecular formula is C22H25N3O4. The van der Waals surface area contributed by atoms with E-state index in [1.807, 2.05) is 30.3 Å². The second kappa shape index (κ2) is 8.53. The van der Waals surface area contributed by atoms with Crippen LogP contribution in [-0.2, 0) is 9.59 Å². The summed E-state index contributed by atoms with van der Waals surface area (Å²) < 4.78 is 11.5. The largest absolute Gasteiger partial charge is 0.490 e. The fourth-order valence-electron chi connectivity index (χ4n) is 3.75. The summed E-state index contributed by atoms with van der Waals surface area (Å²) in [5.41, 5.74) is 1.27. The van der Waals surface area contributed by atoms with Gasteiger partial charge in [0.15, 0.2) is 6.61 Å². The smallest absolute Gasteiger partial charge is 0.262 e. The minimum absolute atomic E-state index is 0.0120. The zero-order chi connectivity index (χ0) is 20.2. The summed E-state index contributed by atoms with van der Waals surface area (Å²) in [6.45, 7) is 3.25. The average molecular weight is 395 g/mol. The Kier molecular flexibility index (Phi) is 5.67. The van der Waals surface area contributed by atoms with Crippen molar-refractivity contribution in [3.8, 4) is 11.5 Å². The molecule has 2 aliphatic rings. The number of fused-ring (bicyclic) bond motifs is 1. The first-order valence-corrected chi connectivity index (χ1v) is 9.89. The lowest BCUT2D eigenvalue weighted by atomic mass is 10.0. The van der Waals surface area contributed by atoms with E-state index < -0.39 is 0 Å². The Bertz CT molecular complexity index is 887. The molecule has 2 unspecified atom stereocenters. The van der Waals surface area contributed by atoms with Gasteiger partial charge in [0.2, 0.25) is 5.91 Å². The predicted molar refractivity (Wildman–Crippen MR) is 110 cm³/mol. The minimum Gasteiger partial charge on any atom is -0.490 e. The molecule has 4 rings (SSSR count). The summed E-state index contributed by atoms with van der Waals surface area (Å²) in [5.74, 6) is 1.21. The summed E-state index contributed by atoms with van der Waals surface area (Å²) in [4.78, 5) is 26.0. The molecule has 2 N–H and O–H groups in total. The summed E-state index contributed by atoms with van der Waals surface area (Å²) in [5, 5.41) is 5.65. The van der Waals surface area contributed by atoms with Crippen LogP contribution >= 0.6 is 0 Å². The van der Waals surface area contributed by atoms with Crippen LogP contribution in [0.3, 0.4) is 0 Å². The minimum atomic E-state index is -0.178. The number of hydrogen-bond donors (Lipinski definition) is 2. The van der Waals surface area contributed by atoms with E-state index >= 15 is 0 Å². The zero-order valence-electron chi connectivity index (χ0n) is 16.4. The van der Waals surface area contributed by atoms with Crippen LogP contribution in [0.1, 0.15) is 19.8 Å². The standard InChI is InChI=1S/C22H25N3O4/c1-15-11-18(29-17-5-3-2-4-6-17)9-10-25(15)13-21(26)23-16-7-8-19-20(12-16)28-14-22(27)24-19/h2-8,12,15,18H,9-11,13-14H2,1H3,(H,23,26)(H,24,27). The van der Waals surface area contributed by atoms with Crippen LogP contribution in [0.25, 0.3) is 0 Å². The Morgan fingerprint density at radius 3 is 2.90 bits per heavy atom. The van der Waals surface area contributed by atoms with Crippen LogP contribution in [0, 0.1) is 0 Å². The fourth-order valence-corrected chi connectivity index (χ4v) is 3.75. The summed E-state index contributed by atoms with van der Waals surface area (Å²) >= 11 is 0. The van der Waals surface area contributed by atoms with Gasteiger partial charge in [-0.05, 0) is 44.0 Å². The molecule has 0 saturated carbocycles. The Labute approximate surface area is 170 Å². The van der Waals surface area contributed by atoms with Crippen LogP contribution in [0.2, 0.25) is 0 Å². The molecule has 0 aromatic heterocycles. The molecule has 0 spiro atoms. The van der Waals surface area contributed by atoms with Gasteiger partial charge in [-0.25, -0.2) is 0 Å². The highest BCUT2D eigenvalue weighted by Gasteiger charge is 2.28. The van der Waals surface area contributed by atoms with Crippen molar-refractivity contribution in [3.63, 3.8) is 0 Å². The number of nitrogens with zero attached hydrogens (tertiary/aromatic N) is 1. The molecule has 0 aliphatic carbocycles. The highest BCUT2D eigenvalue weighted by atomic mass is 16.5. The summed E-state index contributed by atoms with van der Waals surface area (Å²) in [6, 6.07) is 15.3. The van der Waals surface area contributed by atoms with Crippen LogP contribution in [0.15, 0.2) is 48.5 Å². The topological polar surface area (TPSA) is 79.9 Å². The average Bonchev–Trinajstić information content (AvgIpc) is 2.71. The maximum atomic E-state index is 12.5. The monoisotopic (exact) mass is 395 g/mol. The van der Waals surface area contributed by atoms with Gasteiger partial charge in [0, 0.05) is 24.3 Å². The molecule has 0 radical (unpaired) electrons. The number of benzene rings is 2. The molecule has 2 amide bonds. The van der Waals surface area contributed by atoms with E-state index in [-0.39, 0.29) is 30.6 Å². The van der Waals surface area contributed by atoms with E-state index in [0.29, 0.717) is 23.7 Å². The number of hydrogen-bond acceptors (Lipinski definition) is 5. The van der Waals surface area contributed by atoms with Gasteiger partial charge in [0.1, 0.15) is 17.6 Å². The lowest BCUT2D eigenvalue weighted by Crippen LogP contribution is -2.47. The normalized spacial score (nSPS) is 21.5. The number of nitrogens with one attached hydrogen (secondary N) is 2. The number of piperidine rings is 1. The molecular weight excluding hydrogens is 370 g/mol. The number of amides is 2. The first kappa shape index (κ1) is 19.3. The lowest BCUT2D eigenvalue weighted by molar-refractivity contribution is -0.119. The van der Waals surface area contributed by atoms with Crippen LogP contribution in [-0.4, -0.2) is 48.6 Å². The number of para-hydroxylation sites is 1. The molecule has 152 valence electrons. The maximum absolute atomic E-state index is 12.5. The summed E-state index contributed by atoms with van der Waals surface area (Å²) in [6.07, 6.45) is 1.94. The molecule has 7 heteroatoms. The van der Waals surface area contributed by atoms with E-state index in [9.17, 15) is 9.59 Å². The van der Waals surface area contributed by atoms with Crippen LogP contribution in [0.5, 0.6) is 11.5 Å². The molecule has 2 atom stereocenters. The maximum Gasteiger partial charge on any atom is 0.262 e. The van der Waals surface area contributed by atoms with Gasteiger partial charge in [-0.3, -0.25) is 14.5 Å². The van der Waals surface area contributed by atoms with Crippen molar-refractivity contribution in [1.29, 1.82) is 0 Å². The van der Waals surface area contributed by atoms with Gasteiger partial charge in [-0.15, -0.1) is 0 Å². The fraction of sp³-hybridized carbons (Fsp3) is 0.364. The number of anilines is 2. The Hall–Kier alpha value is -3.06. The van der Waals surface area contributed by atoms with Crippen molar-refractivity contribution in [2.45, 2.75) is 31.9 Å². The van der Waals surface area contributed by atoms with E-state index in [2.05, 4.69) is 22.5 Å². The molecule has 2 aromatic carbocycles. The van der Waals surface area contributed by atoms with Crippen molar-refractivity contribution in [3.05, 3.63) is 48.5 Å². The first-order valence-electron chi connectivity index (χ1n) is 9.89. The Morgan fingerprint density at radius 2 is 2.10 bits per heavy atom. The van der Waals surface area contributed by atoms with Crippen molar-refractivity contribution in [1.82, 2.24) is 4.90 Å². The molecule has 0 bridgehead atoms. The van der Waals surface area contributed by atoms with E-state index in [4.69, 9.17) is 9.47 Å². The van der Waals surface area contributed by atoms with Crippen LogP contribution < -0.4 is 20.1 Å². The first-order chi connectivity index (χ1) is 14.1. The quantitative estimate of drug-likeness (QED) is 0.814. The third kappa shape index (κ3) is 4.86. The third-order valence-electron chi connectivity index (χ3n) is 5.26. The van der Waals surface area contributed by atoms with Gasteiger partial charge in [0.05, 0.1) is 12.2 Å². The van der Waals surface area contributed by atoms with Gasteiger partial charge < -0.3 is 20.1 Å². The van der Waals surface area contributed by atoms with Crippen molar-refractivity contribution < 1.29 is 19.1 Å². The Morgan fingerprint density at radius 1 is 1.28 bits per heavy atom. The lowest BCUT2D eigenvalue weighted by Gasteiger charge is -2.37. The molecule has 1 saturated heterocycles. The van der Waals surface area contributed by atoms with Gasteiger partial charge in [0.25, 0.3) is 5.91 Å². The molecule has 2 aromatic rings. The zero-order valence-corrected chi connectivity index (χ0v) is 16.4. The number of ether oxygens (including phenoxy) is 2. The van der Waals surface area contributed by atoms with Crippen molar-refractivity contribution in [2.75, 3.05) is 30.3 Å². The summed E-state index contributed by atoms with van der Waals surface area (Å²) in [7, 11) is 0. The number of likely N-dealkylation sites (tertiary alicyclic amines) is 1. The molecule has 29 heavy (non-hydrogen) atoms. The van der Waals surface area contributed by atoms with Crippen molar-refractivity contribution in [2.24, 2.45) is 0 Å². The van der Waals surface area contributed by atoms with Crippen molar-refractivity contribution >= 4 is 23.2 Å². The second-order valence-electron chi connectivity index (χ2n) is 7.49. The van der Waals surface area contributed by atoms with E-state index in [1.54, 1.807) is 18.2 Å². The molecule has 7 nitrogen and oxygen atoms in total. The number of carbonyl (C=O) groups excluding carboxylic acids is 2. The molecule has 2 heterocycles.